The topological polar surface area (TPSA) is 120 Å². The summed E-state index contributed by atoms with van der Waals surface area (Å²) in [5.74, 6) is -0.968. The maximum absolute atomic E-state index is 14.1. The van der Waals surface area contributed by atoms with Gasteiger partial charge in [-0.1, -0.05) is 54.6 Å². The molecule has 0 aliphatic heterocycles. The van der Waals surface area contributed by atoms with Crippen molar-refractivity contribution in [3.63, 3.8) is 0 Å². The number of para-hydroxylation sites is 1. The number of halogens is 3. The van der Waals surface area contributed by atoms with Gasteiger partial charge < -0.3 is 30.2 Å². The minimum absolute atomic E-state index is 0.0742. The monoisotopic (exact) mass is 649 g/mol. The molecule has 1 aromatic heterocycles. The number of benzene rings is 2. The number of alkyl carbamates (subject to hydrolysis) is 1. The van der Waals surface area contributed by atoms with Crippen LogP contribution in [-0.2, 0) is 33.8 Å². The predicted octanol–water partition coefficient (Wildman–Crippen LogP) is 6.95. The van der Waals surface area contributed by atoms with Gasteiger partial charge in [-0.15, -0.1) is 24.5 Å². The van der Waals surface area contributed by atoms with Crippen LogP contribution in [-0.4, -0.2) is 47.1 Å². The van der Waals surface area contributed by atoms with Gasteiger partial charge in [0.05, 0.1) is 6.54 Å². The molecular formula is C32H38F3N3O6S. The number of amides is 3. The SMILES string of the molecule is CC(C)(C)OC(=O)N[C@@H](CCCC(Cc1ccccc1)OC(N)=O)C(=O)N(Cc1cccs1)Cc1ccccc1OC(F)(F)F. The zero-order chi connectivity index (χ0) is 33.0. The van der Waals surface area contributed by atoms with E-state index in [0.717, 1.165) is 10.4 Å². The maximum atomic E-state index is 14.1. The summed E-state index contributed by atoms with van der Waals surface area (Å²) in [5.41, 5.74) is 5.51. The lowest BCUT2D eigenvalue weighted by molar-refractivity contribution is -0.275. The lowest BCUT2D eigenvalue weighted by atomic mass is 10.0. The first-order valence-electron chi connectivity index (χ1n) is 14.3. The number of alkyl halides is 3. The Hall–Kier alpha value is -4.26. The van der Waals surface area contributed by atoms with E-state index < -0.39 is 48.0 Å². The Morgan fingerprint density at radius 1 is 0.933 bits per heavy atom. The number of primary amides is 1. The molecule has 0 fully saturated rings. The zero-order valence-electron chi connectivity index (χ0n) is 25.3. The van der Waals surface area contributed by atoms with Crippen LogP contribution in [0.5, 0.6) is 5.75 Å². The van der Waals surface area contributed by atoms with E-state index >= 15 is 0 Å². The van der Waals surface area contributed by atoms with Crippen molar-refractivity contribution in [1.29, 1.82) is 0 Å². The Labute approximate surface area is 264 Å². The lowest BCUT2D eigenvalue weighted by Gasteiger charge is -2.29. The first-order chi connectivity index (χ1) is 21.2. The van der Waals surface area contributed by atoms with Crippen molar-refractivity contribution >= 4 is 29.4 Å². The average molecular weight is 650 g/mol. The number of nitrogens with zero attached hydrogens (tertiary/aromatic N) is 1. The summed E-state index contributed by atoms with van der Waals surface area (Å²) >= 11 is 1.38. The van der Waals surface area contributed by atoms with Crippen molar-refractivity contribution in [1.82, 2.24) is 10.2 Å². The molecule has 3 aromatic rings. The maximum Gasteiger partial charge on any atom is 0.573 e. The molecule has 0 radical (unpaired) electrons. The van der Waals surface area contributed by atoms with Gasteiger partial charge in [0.1, 0.15) is 23.5 Å². The molecule has 9 nitrogen and oxygen atoms in total. The minimum Gasteiger partial charge on any atom is -0.446 e. The molecule has 0 aliphatic rings. The average Bonchev–Trinajstić information content (AvgIpc) is 3.44. The Morgan fingerprint density at radius 2 is 1.62 bits per heavy atom. The highest BCUT2D eigenvalue weighted by Gasteiger charge is 2.33. The second-order valence-electron chi connectivity index (χ2n) is 11.3. The summed E-state index contributed by atoms with van der Waals surface area (Å²) in [5, 5.41) is 4.46. The van der Waals surface area contributed by atoms with Crippen LogP contribution in [0.2, 0.25) is 0 Å². The van der Waals surface area contributed by atoms with Crippen molar-refractivity contribution < 1.29 is 41.8 Å². The molecule has 0 bridgehead atoms. The summed E-state index contributed by atoms with van der Waals surface area (Å²) in [6.45, 7) is 4.89. The molecule has 0 saturated carbocycles. The number of rotatable bonds is 14. The van der Waals surface area contributed by atoms with Crippen molar-refractivity contribution in [2.24, 2.45) is 5.73 Å². The van der Waals surface area contributed by atoms with E-state index in [1.807, 2.05) is 35.7 Å². The second kappa shape index (κ2) is 16.2. The molecule has 3 amide bonds. The standard InChI is InChI=1S/C32H38F3N3O6S/c1-31(2,3)44-30(41)37-26(16-9-14-24(42-29(36)40)19-22-11-5-4-6-12-22)28(39)38(21-25-15-10-18-45-25)20-23-13-7-8-17-27(23)43-32(33,34)35/h4-8,10-13,15,17-18,24,26H,9,14,16,19-21H2,1-3H3,(H2,36,40)(H,37,41)/t24?,26-/m0/s1. The summed E-state index contributed by atoms with van der Waals surface area (Å²) in [4.78, 5) is 40.7. The Kier molecular flexibility index (Phi) is 12.7. The summed E-state index contributed by atoms with van der Waals surface area (Å²) in [6, 6.07) is 17.4. The number of hydrogen-bond donors (Lipinski definition) is 2. The van der Waals surface area contributed by atoms with E-state index in [-0.39, 0.29) is 25.1 Å². The molecule has 13 heteroatoms. The van der Waals surface area contributed by atoms with Gasteiger partial charge in [0.2, 0.25) is 5.91 Å². The van der Waals surface area contributed by atoms with E-state index in [0.29, 0.717) is 19.3 Å². The fourth-order valence-corrected chi connectivity index (χ4v) is 5.31. The lowest BCUT2D eigenvalue weighted by Crippen LogP contribution is -2.49. The Balaban J connectivity index is 1.85. The molecule has 2 atom stereocenters. The number of thiophene rings is 1. The Bertz CT molecular complexity index is 1380. The van der Waals surface area contributed by atoms with Crippen LogP contribution >= 0.6 is 11.3 Å². The third kappa shape index (κ3) is 13.1. The van der Waals surface area contributed by atoms with E-state index in [9.17, 15) is 27.6 Å². The van der Waals surface area contributed by atoms with Crippen LogP contribution in [0.25, 0.3) is 0 Å². The van der Waals surface area contributed by atoms with Crippen molar-refractivity contribution in [2.45, 2.75) is 83.7 Å². The second-order valence-corrected chi connectivity index (χ2v) is 12.3. The molecule has 1 heterocycles. The largest absolute Gasteiger partial charge is 0.573 e. The minimum atomic E-state index is -4.93. The van der Waals surface area contributed by atoms with Crippen molar-refractivity contribution in [2.75, 3.05) is 0 Å². The third-order valence-electron chi connectivity index (χ3n) is 6.39. The number of ether oxygens (including phenoxy) is 3. The smallest absolute Gasteiger partial charge is 0.446 e. The quantitative estimate of drug-likeness (QED) is 0.195. The Morgan fingerprint density at radius 3 is 2.24 bits per heavy atom. The highest BCUT2D eigenvalue weighted by molar-refractivity contribution is 7.09. The summed E-state index contributed by atoms with van der Waals surface area (Å²) in [6.07, 6.45) is -6.11. The highest BCUT2D eigenvalue weighted by atomic mass is 32.1. The molecule has 244 valence electrons. The van der Waals surface area contributed by atoms with Gasteiger partial charge in [-0.25, -0.2) is 9.59 Å². The van der Waals surface area contributed by atoms with Crippen molar-refractivity contribution in [3.05, 3.63) is 88.1 Å². The van der Waals surface area contributed by atoms with E-state index in [1.165, 1.54) is 34.4 Å². The number of nitrogens with two attached hydrogens (primary N) is 1. The van der Waals surface area contributed by atoms with E-state index in [4.69, 9.17) is 15.2 Å². The molecule has 0 spiro atoms. The summed E-state index contributed by atoms with van der Waals surface area (Å²) in [7, 11) is 0. The van der Waals surface area contributed by atoms with Crippen molar-refractivity contribution in [3.8, 4) is 5.75 Å². The van der Waals surface area contributed by atoms with Gasteiger partial charge in [-0.3, -0.25) is 4.79 Å². The van der Waals surface area contributed by atoms with Crippen LogP contribution in [0.15, 0.2) is 72.1 Å². The number of carbonyl (C=O) groups is 3. The van der Waals surface area contributed by atoms with Crippen LogP contribution in [0, 0.1) is 0 Å². The summed E-state index contributed by atoms with van der Waals surface area (Å²) < 4.78 is 54.4. The fourth-order valence-electron chi connectivity index (χ4n) is 4.59. The molecule has 0 aliphatic carbocycles. The number of hydrogen-bond acceptors (Lipinski definition) is 7. The van der Waals surface area contributed by atoms with Crippen LogP contribution < -0.4 is 15.8 Å². The van der Waals surface area contributed by atoms with E-state index in [1.54, 1.807) is 39.0 Å². The first kappa shape index (κ1) is 35.2. The molecule has 3 rings (SSSR count). The van der Waals surface area contributed by atoms with Crippen LogP contribution in [0.3, 0.4) is 0 Å². The van der Waals surface area contributed by atoms with Crippen LogP contribution in [0.1, 0.15) is 56.0 Å². The fraction of sp³-hybridized carbons (Fsp3) is 0.406. The molecule has 3 N–H and O–H groups in total. The molecule has 1 unspecified atom stereocenters. The van der Waals surface area contributed by atoms with Gasteiger partial charge in [0.15, 0.2) is 0 Å². The molecule has 45 heavy (non-hydrogen) atoms. The highest BCUT2D eigenvalue weighted by Crippen LogP contribution is 2.28. The molecule has 2 aromatic carbocycles. The zero-order valence-corrected chi connectivity index (χ0v) is 26.2. The number of carbonyl (C=O) groups excluding carboxylic acids is 3. The number of nitrogens with one attached hydrogen (secondary N) is 1. The first-order valence-corrected chi connectivity index (χ1v) is 15.2. The van der Waals surface area contributed by atoms with Gasteiger partial charge in [-0.05, 0) is 63.1 Å². The molecule has 0 saturated heterocycles. The third-order valence-corrected chi connectivity index (χ3v) is 7.26. The normalized spacial score (nSPS) is 12.9. The van der Waals surface area contributed by atoms with E-state index in [2.05, 4.69) is 10.1 Å². The van der Waals surface area contributed by atoms with Gasteiger partial charge in [0.25, 0.3) is 0 Å². The van der Waals surface area contributed by atoms with Crippen LogP contribution in [0.4, 0.5) is 22.8 Å². The van der Waals surface area contributed by atoms with Gasteiger partial charge in [0, 0.05) is 23.4 Å². The predicted molar refractivity (Wildman–Crippen MR) is 163 cm³/mol. The molecular weight excluding hydrogens is 611 g/mol. The van der Waals surface area contributed by atoms with Gasteiger partial charge in [-0.2, -0.15) is 0 Å². The van der Waals surface area contributed by atoms with Gasteiger partial charge >= 0.3 is 18.5 Å².